The molecule has 1 amide bonds. The van der Waals surface area contributed by atoms with Gasteiger partial charge < -0.3 is 14.8 Å². The Balaban J connectivity index is 1.45. The largest absolute Gasteiger partial charge is 0.488 e. The van der Waals surface area contributed by atoms with Gasteiger partial charge in [0, 0.05) is 5.56 Å². The Morgan fingerprint density at radius 2 is 1.90 bits per heavy atom. The molecule has 1 N–H and O–H groups in total. The molecule has 6 nitrogen and oxygen atoms in total. The van der Waals surface area contributed by atoms with Gasteiger partial charge in [0.15, 0.2) is 5.17 Å². The van der Waals surface area contributed by atoms with Gasteiger partial charge in [0.1, 0.15) is 12.4 Å². The van der Waals surface area contributed by atoms with Gasteiger partial charge in [-0.25, -0.2) is 4.79 Å². The fourth-order valence-corrected chi connectivity index (χ4v) is 4.46. The Kier molecular flexibility index (Phi) is 6.72. The number of esters is 1. The maximum atomic E-state index is 12.4. The van der Waals surface area contributed by atoms with Crippen molar-refractivity contribution in [3.05, 3.63) is 70.1 Å². The third kappa shape index (κ3) is 5.35. The first-order chi connectivity index (χ1) is 15.1. The van der Waals surface area contributed by atoms with E-state index in [0.29, 0.717) is 34.0 Å². The number of methoxy groups -OCH3 is 1. The molecule has 7 heteroatoms. The zero-order valence-corrected chi connectivity index (χ0v) is 18.1. The van der Waals surface area contributed by atoms with E-state index in [1.165, 1.54) is 31.7 Å². The summed E-state index contributed by atoms with van der Waals surface area (Å²) in [5.74, 6) is 0.184. The summed E-state index contributed by atoms with van der Waals surface area (Å²) in [7, 11) is 1.36. The number of nitrogens with one attached hydrogen (secondary N) is 1. The van der Waals surface area contributed by atoms with Crippen LogP contribution < -0.4 is 10.1 Å². The lowest BCUT2D eigenvalue weighted by molar-refractivity contribution is -0.115. The SMILES string of the molecule is COC(=O)c1ccc(COc2ccccc2C=C2SC(=NC3CCCC3)NC2=O)cc1. The molecule has 4 rings (SSSR count). The van der Waals surface area contributed by atoms with Gasteiger partial charge in [0.05, 0.1) is 23.6 Å². The van der Waals surface area contributed by atoms with Crippen LogP contribution in [0.4, 0.5) is 0 Å². The quantitative estimate of drug-likeness (QED) is 0.531. The van der Waals surface area contributed by atoms with Crippen LogP contribution >= 0.6 is 11.8 Å². The highest BCUT2D eigenvalue weighted by Gasteiger charge is 2.26. The molecule has 31 heavy (non-hydrogen) atoms. The van der Waals surface area contributed by atoms with Gasteiger partial charge in [0.2, 0.25) is 0 Å². The van der Waals surface area contributed by atoms with E-state index in [2.05, 4.69) is 10.3 Å². The van der Waals surface area contributed by atoms with Gasteiger partial charge in [-0.15, -0.1) is 0 Å². The lowest BCUT2D eigenvalue weighted by Crippen LogP contribution is -2.21. The summed E-state index contributed by atoms with van der Waals surface area (Å²) in [5.41, 5.74) is 2.25. The Labute approximate surface area is 185 Å². The number of hydrogen-bond acceptors (Lipinski definition) is 6. The molecule has 2 fully saturated rings. The highest BCUT2D eigenvalue weighted by Crippen LogP contribution is 2.31. The second kappa shape index (κ2) is 9.83. The average Bonchev–Trinajstić information content (AvgIpc) is 3.42. The second-order valence-electron chi connectivity index (χ2n) is 7.45. The number of aliphatic imine (C=N–C) groups is 1. The van der Waals surface area contributed by atoms with E-state index in [9.17, 15) is 9.59 Å². The van der Waals surface area contributed by atoms with E-state index in [0.717, 1.165) is 24.0 Å². The Bertz CT molecular complexity index is 1020. The topological polar surface area (TPSA) is 77.0 Å². The second-order valence-corrected chi connectivity index (χ2v) is 8.48. The number of nitrogens with zero attached hydrogens (tertiary/aromatic N) is 1. The standard InChI is InChI=1S/C24H24N2O4S/c1-29-23(28)17-12-10-16(11-13-17)15-30-20-9-5-2-6-18(20)14-21-22(27)26-24(31-21)25-19-7-3-4-8-19/h2,5-6,9-14,19H,3-4,7-8,15H2,1H3,(H,25,26,27). The molecule has 2 aromatic carbocycles. The number of thioether (sulfide) groups is 1. The van der Waals surface area contributed by atoms with E-state index in [-0.39, 0.29) is 11.9 Å². The molecule has 0 atom stereocenters. The number of para-hydroxylation sites is 1. The minimum atomic E-state index is -0.368. The monoisotopic (exact) mass is 436 g/mol. The first-order valence-corrected chi connectivity index (χ1v) is 11.1. The van der Waals surface area contributed by atoms with Gasteiger partial charge in [-0.05, 0) is 54.4 Å². The number of carbonyl (C=O) groups excluding carboxylic acids is 2. The number of rotatable bonds is 6. The number of ether oxygens (including phenoxy) is 2. The molecule has 0 bridgehead atoms. The zero-order valence-electron chi connectivity index (χ0n) is 17.3. The van der Waals surface area contributed by atoms with Gasteiger partial charge >= 0.3 is 5.97 Å². The Morgan fingerprint density at radius 3 is 2.65 bits per heavy atom. The van der Waals surface area contributed by atoms with E-state index in [1.54, 1.807) is 12.1 Å². The van der Waals surface area contributed by atoms with Crippen LogP contribution in [0.2, 0.25) is 0 Å². The molecule has 0 spiro atoms. The third-order valence-corrected chi connectivity index (χ3v) is 6.17. The molecule has 0 radical (unpaired) electrons. The van der Waals surface area contributed by atoms with Crippen molar-refractivity contribution in [3.63, 3.8) is 0 Å². The van der Waals surface area contributed by atoms with Crippen molar-refractivity contribution >= 4 is 34.9 Å². The van der Waals surface area contributed by atoms with Crippen LogP contribution in [0.25, 0.3) is 6.08 Å². The van der Waals surface area contributed by atoms with E-state index in [4.69, 9.17) is 9.47 Å². The summed E-state index contributed by atoms with van der Waals surface area (Å²) in [6.07, 6.45) is 6.44. The Hall–Kier alpha value is -3.06. The number of amidine groups is 1. The summed E-state index contributed by atoms with van der Waals surface area (Å²) in [5, 5.41) is 3.56. The molecule has 1 saturated carbocycles. The summed E-state index contributed by atoms with van der Waals surface area (Å²) < 4.78 is 10.7. The maximum absolute atomic E-state index is 12.4. The lowest BCUT2D eigenvalue weighted by Gasteiger charge is -2.10. The van der Waals surface area contributed by atoms with Crippen LogP contribution in [0.3, 0.4) is 0 Å². The normalized spacial score (nSPS) is 19.1. The van der Waals surface area contributed by atoms with Gasteiger partial charge in [-0.3, -0.25) is 9.79 Å². The number of carbonyl (C=O) groups is 2. The van der Waals surface area contributed by atoms with Crippen molar-refractivity contribution in [2.75, 3.05) is 7.11 Å². The van der Waals surface area contributed by atoms with Crippen molar-refractivity contribution < 1.29 is 19.1 Å². The molecule has 0 unspecified atom stereocenters. The van der Waals surface area contributed by atoms with Gasteiger partial charge in [0.25, 0.3) is 5.91 Å². The predicted molar refractivity (Wildman–Crippen MR) is 122 cm³/mol. The van der Waals surface area contributed by atoms with Crippen molar-refractivity contribution in [2.45, 2.75) is 38.3 Å². The fraction of sp³-hybridized carbons (Fsp3) is 0.292. The smallest absolute Gasteiger partial charge is 0.337 e. The van der Waals surface area contributed by atoms with Gasteiger partial charge in [-0.2, -0.15) is 0 Å². The number of benzene rings is 2. The molecular formula is C24H24N2O4S. The molecule has 160 valence electrons. The number of hydrogen-bond donors (Lipinski definition) is 1. The summed E-state index contributed by atoms with van der Waals surface area (Å²) in [6, 6.07) is 15.0. The summed E-state index contributed by atoms with van der Waals surface area (Å²) >= 11 is 1.38. The molecule has 1 aliphatic carbocycles. The highest BCUT2D eigenvalue weighted by molar-refractivity contribution is 8.18. The minimum Gasteiger partial charge on any atom is -0.488 e. The molecular weight excluding hydrogens is 412 g/mol. The zero-order chi connectivity index (χ0) is 21.6. The maximum Gasteiger partial charge on any atom is 0.337 e. The molecule has 2 aliphatic rings. The van der Waals surface area contributed by atoms with Crippen molar-refractivity contribution in [3.8, 4) is 5.75 Å². The van der Waals surface area contributed by atoms with E-state index in [1.807, 2.05) is 42.5 Å². The summed E-state index contributed by atoms with van der Waals surface area (Å²) in [6.45, 7) is 0.343. The van der Waals surface area contributed by atoms with Crippen molar-refractivity contribution in [1.29, 1.82) is 0 Å². The molecule has 1 aliphatic heterocycles. The van der Waals surface area contributed by atoms with E-state index >= 15 is 0 Å². The first-order valence-electron chi connectivity index (χ1n) is 10.3. The first kappa shape index (κ1) is 21.2. The van der Waals surface area contributed by atoms with Crippen LogP contribution in [0.15, 0.2) is 58.4 Å². The van der Waals surface area contributed by atoms with Gasteiger partial charge in [-0.1, -0.05) is 43.2 Å². The lowest BCUT2D eigenvalue weighted by atomic mass is 10.1. The minimum absolute atomic E-state index is 0.130. The molecule has 1 heterocycles. The van der Waals surface area contributed by atoms with Crippen LogP contribution in [-0.2, 0) is 16.1 Å². The van der Waals surface area contributed by atoms with Crippen LogP contribution in [0.5, 0.6) is 5.75 Å². The van der Waals surface area contributed by atoms with Crippen LogP contribution in [-0.4, -0.2) is 30.2 Å². The highest BCUT2D eigenvalue weighted by atomic mass is 32.2. The third-order valence-electron chi connectivity index (χ3n) is 5.25. The van der Waals surface area contributed by atoms with Crippen LogP contribution in [0.1, 0.15) is 47.2 Å². The van der Waals surface area contributed by atoms with Crippen molar-refractivity contribution in [1.82, 2.24) is 5.32 Å². The Morgan fingerprint density at radius 1 is 1.16 bits per heavy atom. The molecule has 1 saturated heterocycles. The molecule has 2 aromatic rings. The predicted octanol–water partition coefficient (Wildman–Crippen LogP) is 4.55. The summed E-state index contributed by atoms with van der Waals surface area (Å²) in [4.78, 5) is 29.3. The fourth-order valence-electron chi connectivity index (χ4n) is 3.58. The van der Waals surface area contributed by atoms with Crippen LogP contribution in [0, 0.1) is 0 Å². The number of amides is 1. The van der Waals surface area contributed by atoms with E-state index < -0.39 is 0 Å². The molecule has 0 aromatic heterocycles. The average molecular weight is 437 g/mol. The van der Waals surface area contributed by atoms with Crippen molar-refractivity contribution in [2.24, 2.45) is 4.99 Å².